The van der Waals surface area contributed by atoms with Crippen molar-refractivity contribution in [2.75, 3.05) is 0 Å². The lowest BCUT2D eigenvalue weighted by Crippen LogP contribution is -3.00. The minimum atomic E-state index is 0. The van der Waals surface area contributed by atoms with Crippen LogP contribution in [0.15, 0.2) is 146 Å². The molecule has 50 heavy (non-hydrogen) atoms. The molecule has 0 fully saturated rings. The van der Waals surface area contributed by atoms with Gasteiger partial charge in [-0.25, -0.2) is 9.97 Å². The van der Waals surface area contributed by atoms with Gasteiger partial charge in [0.1, 0.15) is 0 Å². The molecule has 0 aliphatic rings. The fourth-order valence-electron chi connectivity index (χ4n) is 6.34. The van der Waals surface area contributed by atoms with Crippen LogP contribution in [0.2, 0.25) is 0 Å². The first kappa shape index (κ1) is 34.4. The third-order valence-electron chi connectivity index (χ3n) is 8.91. The molecular formula is C42H34Cl2N6. The number of hydrogen-bond acceptors (Lipinski definition) is 4. The van der Waals surface area contributed by atoms with Crippen molar-refractivity contribution < 1.29 is 36.3 Å². The molecule has 6 nitrogen and oxygen atoms in total. The Kier molecular flexibility index (Phi) is 10.3. The smallest absolute Gasteiger partial charge is 0.0997 e. The molecule has 0 unspecified atom stereocenters. The van der Waals surface area contributed by atoms with Crippen LogP contribution >= 0.6 is 0 Å². The van der Waals surface area contributed by atoms with Gasteiger partial charge in [0, 0.05) is 56.5 Å². The van der Waals surface area contributed by atoms with Crippen LogP contribution in [0.4, 0.5) is 0 Å². The highest BCUT2D eigenvalue weighted by atomic mass is 35.5. The monoisotopic (exact) mass is 692 g/mol. The molecule has 4 heterocycles. The highest BCUT2D eigenvalue weighted by molar-refractivity contribution is 6.05. The van der Waals surface area contributed by atoms with Crippen LogP contribution in [-0.4, -0.2) is 19.9 Å². The predicted octanol–water partition coefficient (Wildman–Crippen LogP) is 1.40. The highest BCUT2D eigenvalue weighted by Crippen LogP contribution is 2.39. The zero-order valence-electron chi connectivity index (χ0n) is 27.2. The van der Waals surface area contributed by atoms with Crippen molar-refractivity contribution in [2.45, 2.75) is 13.1 Å². The van der Waals surface area contributed by atoms with Crippen molar-refractivity contribution in [3.8, 4) is 56.2 Å². The van der Waals surface area contributed by atoms with Crippen molar-refractivity contribution in [1.82, 2.24) is 19.9 Å². The molecule has 0 atom stereocenters. The molecule has 0 amide bonds. The number of hydrogen-bond donors (Lipinski definition) is 2. The van der Waals surface area contributed by atoms with Crippen LogP contribution in [0.25, 0.3) is 78.0 Å². The van der Waals surface area contributed by atoms with Gasteiger partial charge in [-0.05, 0) is 35.4 Å². The summed E-state index contributed by atoms with van der Waals surface area (Å²) in [4.78, 5) is 20.4. The van der Waals surface area contributed by atoms with E-state index in [0.29, 0.717) is 0 Å². The Morgan fingerprint density at radius 2 is 0.780 bits per heavy atom. The summed E-state index contributed by atoms with van der Waals surface area (Å²) in [6.45, 7) is 1.49. The number of rotatable bonds is 7. The lowest BCUT2D eigenvalue weighted by molar-refractivity contribution is -0.386. The van der Waals surface area contributed by atoms with Crippen LogP contribution in [0, 0.1) is 0 Å². The average Bonchev–Trinajstić information content (AvgIpc) is 3.17. The standard InChI is InChI=1S/C42H32N6.2ClH/c43-25-27-11-15-31(16-12-27)39-33(29-7-3-1-4-8-29)23-35-37(47-39)19-21-45-41(35)42-36-24-34(30-9-5-2-6-10-30)40(48-38(36)20-22-46-42)32-17-13-28(26-44)14-18-32;;/h1-24H,25-26,43-44H2;2*1H. The fourth-order valence-corrected chi connectivity index (χ4v) is 6.34. The Hall–Kier alpha value is -5.50. The van der Waals surface area contributed by atoms with E-state index in [1.54, 1.807) is 0 Å². The van der Waals surface area contributed by atoms with Gasteiger partial charge in [0.25, 0.3) is 0 Å². The van der Waals surface area contributed by atoms with E-state index >= 15 is 0 Å². The lowest BCUT2D eigenvalue weighted by Gasteiger charge is -2.16. The molecule has 8 rings (SSSR count). The Morgan fingerprint density at radius 3 is 1.14 bits per heavy atom. The highest BCUT2D eigenvalue weighted by Gasteiger charge is 2.19. The fraction of sp³-hybridized carbons (Fsp3) is 0.0476. The van der Waals surface area contributed by atoms with Crippen molar-refractivity contribution in [2.24, 2.45) is 0 Å². The van der Waals surface area contributed by atoms with Gasteiger partial charge in [-0.3, -0.25) is 9.97 Å². The first-order valence-corrected chi connectivity index (χ1v) is 16.2. The molecule has 0 spiro atoms. The maximum absolute atomic E-state index is 5.27. The van der Waals surface area contributed by atoms with E-state index in [2.05, 4.69) is 121 Å². The van der Waals surface area contributed by atoms with Crippen molar-refractivity contribution in [3.63, 3.8) is 0 Å². The number of quaternary nitrogens is 2. The van der Waals surface area contributed by atoms with Gasteiger partial charge in [-0.15, -0.1) is 0 Å². The molecule has 6 N–H and O–H groups in total. The molecule has 0 radical (unpaired) electrons. The molecule has 4 aromatic carbocycles. The quantitative estimate of drug-likeness (QED) is 0.264. The molecule has 0 aliphatic carbocycles. The van der Waals surface area contributed by atoms with E-state index in [4.69, 9.17) is 19.9 Å². The number of pyridine rings is 4. The third kappa shape index (κ3) is 6.45. The zero-order valence-corrected chi connectivity index (χ0v) is 28.7. The van der Waals surface area contributed by atoms with Crippen LogP contribution in [0.3, 0.4) is 0 Å². The lowest BCUT2D eigenvalue weighted by atomic mass is 9.94. The molecule has 0 bridgehead atoms. The van der Waals surface area contributed by atoms with Gasteiger partial charge in [0.05, 0.1) is 46.9 Å². The summed E-state index contributed by atoms with van der Waals surface area (Å²) in [5, 5.41) is 1.87. The summed E-state index contributed by atoms with van der Waals surface area (Å²) >= 11 is 0. The maximum atomic E-state index is 5.27. The van der Waals surface area contributed by atoms with Gasteiger partial charge in [0.15, 0.2) is 0 Å². The van der Waals surface area contributed by atoms with Crippen molar-refractivity contribution in [1.29, 1.82) is 0 Å². The van der Waals surface area contributed by atoms with Gasteiger partial charge >= 0.3 is 0 Å². The number of halogens is 2. The second-order valence-corrected chi connectivity index (χ2v) is 11.8. The van der Waals surface area contributed by atoms with Gasteiger partial charge < -0.3 is 36.3 Å². The minimum Gasteiger partial charge on any atom is -1.00 e. The summed E-state index contributed by atoms with van der Waals surface area (Å²) in [7, 11) is 0. The molecule has 0 aliphatic heterocycles. The van der Waals surface area contributed by atoms with E-state index in [1.807, 2.05) is 36.7 Å². The molecular weight excluding hydrogens is 659 g/mol. The topological polar surface area (TPSA) is 107 Å². The molecule has 8 heteroatoms. The molecule has 0 saturated carbocycles. The summed E-state index contributed by atoms with van der Waals surface area (Å²) < 4.78 is 0. The molecule has 8 aromatic rings. The van der Waals surface area contributed by atoms with Crippen LogP contribution < -0.4 is 36.3 Å². The average molecular weight is 694 g/mol. The van der Waals surface area contributed by atoms with Crippen molar-refractivity contribution >= 4 is 21.8 Å². The number of fused-ring (bicyclic) bond motifs is 2. The zero-order chi connectivity index (χ0) is 32.5. The number of aromatic nitrogens is 4. The number of nitrogens with zero attached hydrogens (tertiary/aromatic N) is 4. The molecule has 246 valence electrons. The van der Waals surface area contributed by atoms with E-state index in [-0.39, 0.29) is 24.8 Å². The summed E-state index contributed by atoms with van der Waals surface area (Å²) in [5.74, 6) is 0. The SMILES string of the molecule is [Cl-].[Cl-].[NH3+]Cc1ccc(-c2nc3ccnc(-c4nccc5nc(-c6ccc(C[NH3+])cc6)c(-c6ccccc6)cc45)c3cc2-c2ccccc2)cc1. The first-order chi connectivity index (χ1) is 23.7. The second kappa shape index (κ2) is 14.9. The Balaban J connectivity index is 0.00000216. The molecule has 4 aromatic heterocycles. The van der Waals surface area contributed by atoms with E-state index in [9.17, 15) is 0 Å². The van der Waals surface area contributed by atoms with Gasteiger partial charge in [-0.1, -0.05) is 109 Å². The Bertz CT molecular complexity index is 2230. The predicted molar refractivity (Wildman–Crippen MR) is 193 cm³/mol. The van der Waals surface area contributed by atoms with E-state index in [1.165, 1.54) is 11.1 Å². The van der Waals surface area contributed by atoms with E-state index < -0.39 is 0 Å². The van der Waals surface area contributed by atoms with E-state index in [0.717, 1.165) is 91.1 Å². The Morgan fingerprint density at radius 1 is 0.400 bits per heavy atom. The first-order valence-electron chi connectivity index (χ1n) is 16.2. The van der Waals surface area contributed by atoms with Crippen molar-refractivity contribution in [3.05, 3.63) is 157 Å². The summed E-state index contributed by atoms with van der Waals surface area (Å²) in [6, 6.07) is 46.3. The number of benzene rings is 4. The summed E-state index contributed by atoms with van der Waals surface area (Å²) in [5.41, 5.74) is 21.9. The second-order valence-electron chi connectivity index (χ2n) is 11.8. The molecule has 0 saturated heterocycles. The largest absolute Gasteiger partial charge is 1.00 e. The maximum Gasteiger partial charge on any atom is 0.0997 e. The van der Waals surface area contributed by atoms with Gasteiger partial charge in [-0.2, -0.15) is 0 Å². The van der Waals surface area contributed by atoms with Crippen LogP contribution in [0.1, 0.15) is 11.1 Å². The summed E-state index contributed by atoms with van der Waals surface area (Å²) in [6.07, 6.45) is 3.65. The Labute approximate surface area is 303 Å². The van der Waals surface area contributed by atoms with Crippen LogP contribution in [0.5, 0.6) is 0 Å². The van der Waals surface area contributed by atoms with Crippen LogP contribution in [-0.2, 0) is 13.1 Å². The van der Waals surface area contributed by atoms with Gasteiger partial charge in [0.2, 0.25) is 0 Å². The third-order valence-corrected chi connectivity index (χ3v) is 8.91. The minimum absolute atomic E-state index is 0. The normalized spacial score (nSPS) is 10.8.